The first kappa shape index (κ1) is 13.8. The fourth-order valence-electron chi connectivity index (χ4n) is 2.06. The van der Waals surface area contributed by atoms with E-state index in [-0.39, 0.29) is 5.56 Å². The van der Waals surface area contributed by atoms with Crippen LogP contribution < -0.4 is 4.74 Å². The van der Waals surface area contributed by atoms with Crippen molar-refractivity contribution in [3.05, 3.63) is 23.4 Å². The topological polar surface area (TPSA) is 68.7 Å². The second kappa shape index (κ2) is 6.52. The Balaban J connectivity index is 2.06. The molecule has 0 bridgehead atoms. The molecule has 0 radical (unpaired) electrons. The minimum absolute atomic E-state index is 0.233. The summed E-state index contributed by atoms with van der Waals surface area (Å²) in [5, 5.41) is 9.08. The Morgan fingerprint density at radius 3 is 3.05 bits per heavy atom. The van der Waals surface area contributed by atoms with E-state index in [1.54, 1.807) is 6.07 Å². The lowest BCUT2D eigenvalue weighted by Gasteiger charge is -2.11. The van der Waals surface area contributed by atoms with E-state index in [4.69, 9.17) is 14.6 Å². The maximum atomic E-state index is 11.1. The second-order valence-electron chi connectivity index (χ2n) is 4.78. The Bertz CT molecular complexity index is 441. The van der Waals surface area contributed by atoms with Gasteiger partial charge in [0, 0.05) is 24.3 Å². The highest BCUT2D eigenvalue weighted by atomic mass is 16.5. The molecule has 2 heterocycles. The van der Waals surface area contributed by atoms with Crippen molar-refractivity contribution >= 4 is 5.97 Å². The average Bonchev–Trinajstić information content (AvgIpc) is 2.89. The van der Waals surface area contributed by atoms with Crippen LogP contribution in [-0.4, -0.2) is 35.9 Å². The lowest BCUT2D eigenvalue weighted by atomic mass is 10.1. The Morgan fingerprint density at radius 1 is 1.58 bits per heavy atom. The molecular formula is C14H19NO4. The summed E-state index contributed by atoms with van der Waals surface area (Å²) in [5.41, 5.74) is 0.996. The number of aromatic carboxylic acids is 1. The van der Waals surface area contributed by atoms with Crippen molar-refractivity contribution in [2.45, 2.75) is 26.2 Å². The molecule has 19 heavy (non-hydrogen) atoms. The fourth-order valence-corrected chi connectivity index (χ4v) is 2.06. The number of aryl methyl sites for hydroxylation is 1. The zero-order chi connectivity index (χ0) is 13.7. The molecule has 5 heteroatoms. The monoisotopic (exact) mass is 265 g/mol. The molecule has 5 nitrogen and oxygen atoms in total. The third kappa shape index (κ3) is 3.92. The summed E-state index contributed by atoms with van der Waals surface area (Å²) in [5.74, 6) is -0.172. The lowest BCUT2D eigenvalue weighted by Crippen LogP contribution is -2.13. The van der Waals surface area contributed by atoms with E-state index in [1.165, 1.54) is 6.07 Å². The van der Waals surface area contributed by atoms with Gasteiger partial charge in [0.25, 0.3) is 0 Å². The molecule has 1 atom stereocenters. The molecule has 1 aliphatic heterocycles. The SMILES string of the molecule is CCCc1cc(C(=O)O)cc(OCC2CCOC2)n1. The third-order valence-electron chi connectivity index (χ3n) is 3.10. The first-order chi connectivity index (χ1) is 9.19. The number of aromatic nitrogens is 1. The van der Waals surface area contributed by atoms with Gasteiger partial charge in [-0.2, -0.15) is 0 Å². The predicted molar refractivity (Wildman–Crippen MR) is 69.6 cm³/mol. The first-order valence-electron chi connectivity index (χ1n) is 6.64. The Kier molecular flexibility index (Phi) is 4.74. The molecule has 1 unspecified atom stereocenters. The number of hydrogen-bond acceptors (Lipinski definition) is 4. The van der Waals surface area contributed by atoms with Gasteiger partial charge in [0.15, 0.2) is 0 Å². The highest BCUT2D eigenvalue weighted by Crippen LogP contribution is 2.18. The maximum absolute atomic E-state index is 11.1. The van der Waals surface area contributed by atoms with Crippen molar-refractivity contribution < 1.29 is 19.4 Å². The zero-order valence-corrected chi connectivity index (χ0v) is 11.1. The normalized spacial score (nSPS) is 18.5. The Morgan fingerprint density at radius 2 is 2.42 bits per heavy atom. The highest BCUT2D eigenvalue weighted by Gasteiger charge is 2.17. The standard InChI is InChI=1S/C14H19NO4/c1-2-3-12-6-11(14(16)17)7-13(15-12)19-9-10-4-5-18-8-10/h6-7,10H,2-5,8-9H2,1H3,(H,16,17). The van der Waals surface area contributed by atoms with E-state index < -0.39 is 5.97 Å². The van der Waals surface area contributed by atoms with Crippen molar-refractivity contribution in [3.8, 4) is 5.88 Å². The smallest absolute Gasteiger partial charge is 0.335 e. The largest absolute Gasteiger partial charge is 0.478 e. The van der Waals surface area contributed by atoms with E-state index in [9.17, 15) is 4.79 Å². The summed E-state index contributed by atoms with van der Waals surface area (Å²) in [4.78, 5) is 15.4. The quantitative estimate of drug-likeness (QED) is 0.853. The van der Waals surface area contributed by atoms with Crippen LogP contribution in [0.5, 0.6) is 5.88 Å². The van der Waals surface area contributed by atoms with Gasteiger partial charge in [-0.1, -0.05) is 13.3 Å². The molecular weight excluding hydrogens is 246 g/mol. The molecule has 0 aliphatic carbocycles. The summed E-state index contributed by atoms with van der Waals surface area (Å²) in [6.07, 6.45) is 2.66. The lowest BCUT2D eigenvalue weighted by molar-refractivity contribution is 0.0695. The van der Waals surface area contributed by atoms with Crippen molar-refractivity contribution in [1.29, 1.82) is 0 Å². The van der Waals surface area contributed by atoms with Gasteiger partial charge >= 0.3 is 5.97 Å². The van der Waals surface area contributed by atoms with Gasteiger partial charge in [-0.3, -0.25) is 0 Å². The summed E-state index contributed by atoms with van der Waals surface area (Å²) >= 11 is 0. The predicted octanol–water partition coefficient (Wildman–Crippen LogP) is 2.15. The molecule has 1 N–H and O–H groups in total. The molecule has 0 amide bonds. The van der Waals surface area contributed by atoms with Crippen LogP contribution in [0.2, 0.25) is 0 Å². The van der Waals surface area contributed by atoms with Gasteiger partial charge in [-0.15, -0.1) is 0 Å². The van der Waals surface area contributed by atoms with Gasteiger partial charge in [-0.25, -0.2) is 9.78 Å². The van der Waals surface area contributed by atoms with Gasteiger partial charge in [0.1, 0.15) is 0 Å². The van der Waals surface area contributed by atoms with Crippen LogP contribution in [-0.2, 0) is 11.2 Å². The second-order valence-corrected chi connectivity index (χ2v) is 4.78. The van der Waals surface area contributed by atoms with Crippen LogP contribution >= 0.6 is 0 Å². The summed E-state index contributed by atoms with van der Waals surface area (Å²) < 4.78 is 10.9. The number of ether oxygens (including phenoxy) is 2. The molecule has 1 aliphatic rings. The summed E-state index contributed by atoms with van der Waals surface area (Å²) in [6.45, 7) is 4.05. The van der Waals surface area contributed by atoms with E-state index >= 15 is 0 Å². The summed E-state index contributed by atoms with van der Waals surface area (Å²) in [7, 11) is 0. The van der Waals surface area contributed by atoms with Crippen LogP contribution in [0.4, 0.5) is 0 Å². The Labute approximate surface area is 112 Å². The number of carboxylic acids is 1. The molecule has 1 saturated heterocycles. The van der Waals surface area contributed by atoms with Gasteiger partial charge < -0.3 is 14.6 Å². The van der Waals surface area contributed by atoms with Crippen molar-refractivity contribution in [2.75, 3.05) is 19.8 Å². The first-order valence-corrected chi connectivity index (χ1v) is 6.64. The molecule has 1 fully saturated rings. The van der Waals surface area contributed by atoms with Gasteiger partial charge in [0.05, 0.1) is 18.8 Å². The minimum Gasteiger partial charge on any atom is -0.478 e. The maximum Gasteiger partial charge on any atom is 0.335 e. The van der Waals surface area contributed by atoms with Crippen LogP contribution in [0.15, 0.2) is 12.1 Å². The van der Waals surface area contributed by atoms with E-state index in [2.05, 4.69) is 4.98 Å². The van der Waals surface area contributed by atoms with Crippen molar-refractivity contribution in [3.63, 3.8) is 0 Å². The van der Waals surface area contributed by atoms with Gasteiger partial charge in [-0.05, 0) is 18.9 Å². The molecule has 1 aromatic rings. The van der Waals surface area contributed by atoms with Crippen molar-refractivity contribution in [1.82, 2.24) is 4.98 Å². The third-order valence-corrected chi connectivity index (χ3v) is 3.10. The van der Waals surface area contributed by atoms with Crippen LogP contribution in [0.1, 0.15) is 35.8 Å². The number of pyridine rings is 1. The average molecular weight is 265 g/mol. The van der Waals surface area contributed by atoms with Crippen LogP contribution in [0.25, 0.3) is 0 Å². The van der Waals surface area contributed by atoms with E-state index in [0.29, 0.717) is 25.0 Å². The number of carboxylic acid groups (broad SMARTS) is 1. The molecule has 104 valence electrons. The zero-order valence-electron chi connectivity index (χ0n) is 11.1. The van der Waals surface area contributed by atoms with Gasteiger partial charge in [0.2, 0.25) is 5.88 Å². The van der Waals surface area contributed by atoms with Crippen LogP contribution in [0.3, 0.4) is 0 Å². The number of nitrogens with zero attached hydrogens (tertiary/aromatic N) is 1. The van der Waals surface area contributed by atoms with Crippen molar-refractivity contribution in [2.24, 2.45) is 5.92 Å². The highest BCUT2D eigenvalue weighted by molar-refractivity contribution is 5.88. The number of rotatable bonds is 6. The fraction of sp³-hybridized carbons (Fsp3) is 0.571. The number of hydrogen-bond donors (Lipinski definition) is 1. The van der Waals surface area contributed by atoms with Crippen LogP contribution in [0, 0.1) is 5.92 Å². The summed E-state index contributed by atoms with van der Waals surface area (Å²) in [6, 6.07) is 3.09. The minimum atomic E-state index is -0.950. The number of carbonyl (C=O) groups is 1. The van der Waals surface area contributed by atoms with E-state index in [0.717, 1.165) is 31.6 Å². The molecule has 2 rings (SSSR count). The van der Waals surface area contributed by atoms with E-state index in [1.807, 2.05) is 6.92 Å². The molecule has 0 spiro atoms. The molecule has 0 aromatic carbocycles. The molecule has 0 saturated carbocycles. The Hall–Kier alpha value is -1.62. The molecule has 1 aromatic heterocycles.